The molecule has 0 bridgehead atoms. The van der Waals surface area contributed by atoms with Crippen molar-refractivity contribution < 1.29 is 8.42 Å². The predicted molar refractivity (Wildman–Crippen MR) is 112 cm³/mol. The van der Waals surface area contributed by atoms with E-state index in [4.69, 9.17) is 4.98 Å². The molecule has 1 saturated heterocycles. The maximum absolute atomic E-state index is 13.4. The Hall–Kier alpha value is -2.98. The summed E-state index contributed by atoms with van der Waals surface area (Å²) in [6, 6.07) is 16.0. The van der Waals surface area contributed by atoms with E-state index < -0.39 is 15.1 Å². The van der Waals surface area contributed by atoms with Crippen LogP contribution in [0.25, 0.3) is 11.0 Å². The van der Waals surface area contributed by atoms with Gasteiger partial charge in [0.1, 0.15) is 5.69 Å². The molecule has 1 atom stereocenters. The van der Waals surface area contributed by atoms with Gasteiger partial charge in [0.05, 0.1) is 22.0 Å². The molecule has 1 aliphatic rings. The molecule has 4 rings (SSSR count). The highest BCUT2D eigenvalue weighted by Crippen LogP contribution is 2.35. The van der Waals surface area contributed by atoms with E-state index >= 15 is 0 Å². The van der Waals surface area contributed by atoms with E-state index in [9.17, 15) is 13.7 Å². The zero-order valence-corrected chi connectivity index (χ0v) is 17.1. The molecule has 0 saturated carbocycles. The third-order valence-corrected chi connectivity index (χ3v) is 7.09. The second-order valence-electron chi connectivity index (χ2n) is 7.34. The largest absolute Gasteiger partial charge is 0.355 e. The molecule has 2 aromatic carbocycles. The molecule has 3 aromatic rings. The van der Waals surface area contributed by atoms with Crippen LogP contribution in [0, 0.1) is 18.3 Å². The molecule has 0 aliphatic carbocycles. The molecule has 0 N–H and O–H groups in total. The summed E-state index contributed by atoms with van der Waals surface area (Å²) < 4.78 is 26.8. The van der Waals surface area contributed by atoms with Crippen molar-refractivity contribution in [1.82, 2.24) is 9.97 Å². The molecule has 2 heterocycles. The first-order chi connectivity index (χ1) is 14.0. The number of para-hydroxylation sites is 2. The molecule has 7 heteroatoms. The highest BCUT2D eigenvalue weighted by molar-refractivity contribution is 7.92. The first-order valence-corrected chi connectivity index (χ1v) is 11.3. The Morgan fingerprint density at radius 2 is 1.69 bits per heavy atom. The van der Waals surface area contributed by atoms with Crippen LogP contribution in [0.4, 0.5) is 5.82 Å². The van der Waals surface area contributed by atoms with Gasteiger partial charge < -0.3 is 4.90 Å². The number of nitriles is 1. The number of benzene rings is 2. The van der Waals surface area contributed by atoms with Crippen LogP contribution >= 0.6 is 0 Å². The summed E-state index contributed by atoms with van der Waals surface area (Å²) in [5, 5.41) is 8.51. The molecule has 0 radical (unpaired) electrons. The van der Waals surface area contributed by atoms with Gasteiger partial charge in [-0.05, 0) is 56.0 Å². The number of fused-ring (bicyclic) bond motifs is 1. The lowest BCUT2D eigenvalue weighted by Gasteiger charge is -2.30. The first kappa shape index (κ1) is 19.3. The fraction of sp³-hybridized carbons (Fsp3) is 0.318. The van der Waals surface area contributed by atoms with E-state index in [1.165, 1.54) is 6.07 Å². The predicted octanol–water partition coefficient (Wildman–Crippen LogP) is 3.97. The Kier molecular flexibility index (Phi) is 5.20. The van der Waals surface area contributed by atoms with Crippen molar-refractivity contribution in [2.75, 3.05) is 18.0 Å². The van der Waals surface area contributed by atoms with Crippen LogP contribution in [0.2, 0.25) is 0 Å². The summed E-state index contributed by atoms with van der Waals surface area (Å²) in [7, 11) is -3.95. The zero-order valence-electron chi connectivity index (χ0n) is 16.2. The summed E-state index contributed by atoms with van der Waals surface area (Å²) in [5.74, 6) is 0.506. The monoisotopic (exact) mass is 406 g/mol. The Balaban J connectivity index is 1.91. The first-order valence-electron chi connectivity index (χ1n) is 9.72. The number of hydrogen-bond acceptors (Lipinski definition) is 6. The van der Waals surface area contributed by atoms with Crippen molar-refractivity contribution in [3.05, 3.63) is 59.8 Å². The lowest BCUT2D eigenvalue weighted by Crippen LogP contribution is -2.32. The van der Waals surface area contributed by atoms with E-state index in [1.807, 2.05) is 37.3 Å². The lowest BCUT2D eigenvalue weighted by molar-refractivity contribution is 0.569. The van der Waals surface area contributed by atoms with E-state index in [2.05, 4.69) is 9.88 Å². The minimum Gasteiger partial charge on any atom is -0.355 e. The number of anilines is 1. The topological polar surface area (TPSA) is 86.9 Å². The van der Waals surface area contributed by atoms with E-state index in [-0.39, 0.29) is 10.6 Å². The fourth-order valence-corrected chi connectivity index (χ4v) is 5.21. The Bertz CT molecular complexity index is 1190. The number of aryl methyl sites for hydroxylation is 1. The number of nitrogens with zero attached hydrogens (tertiary/aromatic N) is 4. The number of rotatable bonds is 4. The van der Waals surface area contributed by atoms with Gasteiger partial charge in [0.2, 0.25) is 9.84 Å². The molecule has 29 heavy (non-hydrogen) atoms. The van der Waals surface area contributed by atoms with Crippen molar-refractivity contribution >= 4 is 26.7 Å². The summed E-state index contributed by atoms with van der Waals surface area (Å²) in [5.41, 5.74) is 2.32. The van der Waals surface area contributed by atoms with E-state index in [0.717, 1.165) is 37.9 Å². The average Bonchev–Trinajstić information content (AvgIpc) is 2.74. The van der Waals surface area contributed by atoms with E-state index in [0.29, 0.717) is 16.9 Å². The Morgan fingerprint density at radius 3 is 2.34 bits per heavy atom. The summed E-state index contributed by atoms with van der Waals surface area (Å²) in [6.45, 7) is 3.39. The smallest absolute Gasteiger partial charge is 0.200 e. The number of piperidine rings is 1. The third kappa shape index (κ3) is 3.68. The van der Waals surface area contributed by atoms with Crippen molar-refractivity contribution in [1.29, 1.82) is 5.26 Å². The summed E-state index contributed by atoms with van der Waals surface area (Å²) in [4.78, 5) is 11.6. The zero-order chi connectivity index (χ0) is 20.4. The van der Waals surface area contributed by atoms with Crippen LogP contribution in [0.5, 0.6) is 0 Å². The van der Waals surface area contributed by atoms with Gasteiger partial charge in [0, 0.05) is 13.1 Å². The third-order valence-electron chi connectivity index (χ3n) is 5.23. The van der Waals surface area contributed by atoms with Gasteiger partial charge in [-0.1, -0.05) is 24.3 Å². The van der Waals surface area contributed by atoms with Crippen LogP contribution < -0.4 is 4.90 Å². The van der Waals surface area contributed by atoms with E-state index in [1.54, 1.807) is 18.2 Å². The van der Waals surface area contributed by atoms with Crippen LogP contribution in [0.3, 0.4) is 0 Å². The maximum Gasteiger partial charge on any atom is 0.200 e. The van der Waals surface area contributed by atoms with Gasteiger partial charge in [-0.2, -0.15) is 5.26 Å². The van der Waals surface area contributed by atoms with Crippen molar-refractivity contribution in [2.24, 2.45) is 0 Å². The van der Waals surface area contributed by atoms with Crippen molar-refractivity contribution in [2.45, 2.75) is 36.3 Å². The molecule has 1 aliphatic heterocycles. The van der Waals surface area contributed by atoms with Gasteiger partial charge in [-0.15, -0.1) is 0 Å². The Morgan fingerprint density at radius 1 is 1.00 bits per heavy atom. The quantitative estimate of drug-likeness (QED) is 0.652. The maximum atomic E-state index is 13.4. The molecule has 1 fully saturated rings. The molecule has 0 unspecified atom stereocenters. The Labute approximate surface area is 170 Å². The summed E-state index contributed by atoms with van der Waals surface area (Å²) >= 11 is 0. The van der Waals surface area contributed by atoms with Gasteiger partial charge >= 0.3 is 0 Å². The minimum absolute atomic E-state index is 0.128. The number of aromatic nitrogens is 2. The number of sulfone groups is 1. The molecular weight excluding hydrogens is 384 g/mol. The molecule has 148 valence electrons. The van der Waals surface area contributed by atoms with Crippen LogP contribution in [0.15, 0.2) is 53.4 Å². The molecule has 0 amide bonds. The SMILES string of the molecule is Cc1cccc(S(=O)(=O)[C@@H](C#N)c2nc3ccccc3nc2N2CCCCC2)c1. The average molecular weight is 407 g/mol. The number of hydrogen-bond donors (Lipinski definition) is 0. The van der Waals surface area contributed by atoms with Gasteiger partial charge in [0.15, 0.2) is 11.1 Å². The van der Waals surface area contributed by atoms with Gasteiger partial charge in [0.25, 0.3) is 0 Å². The molecule has 0 spiro atoms. The van der Waals surface area contributed by atoms with Crippen LogP contribution in [-0.2, 0) is 9.84 Å². The summed E-state index contributed by atoms with van der Waals surface area (Å²) in [6.07, 6.45) is 3.15. The molecule has 1 aromatic heterocycles. The second kappa shape index (κ2) is 7.80. The standard InChI is InChI=1S/C22H22N4O2S/c1-16-8-7-9-17(14-16)29(27,28)20(15-23)21-22(26-12-5-2-6-13-26)25-19-11-4-3-10-18(19)24-21/h3-4,7-11,14,20H,2,5-6,12-13H2,1H3/t20-/m0/s1. The van der Waals surface area contributed by atoms with Crippen molar-refractivity contribution in [3.8, 4) is 6.07 Å². The normalized spacial score (nSPS) is 15.8. The van der Waals surface area contributed by atoms with Gasteiger partial charge in [-0.3, -0.25) is 0 Å². The van der Waals surface area contributed by atoms with Gasteiger partial charge in [-0.25, -0.2) is 18.4 Å². The minimum atomic E-state index is -3.95. The van der Waals surface area contributed by atoms with Crippen molar-refractivity contribution in [3.63, 3.8) is 0 Å². The highest BCUT2D eigenvalue weighted by Gasteiger charge is 2.35. The molecule has 6 nitrogen and oxygen atoms in total. The molecular formula is C22H22N4O2S. The van der Waals surface area contributed by atoms with Crippen LogP contribution in [0.1, 0.15) is 35.8 Å². The highest BCUT2D eigenvalue weighted by atomic mass is 32.2. The lowest BCUT2D eigenvalue weighted by atomic mass is 10.1. The van der Waals surface area contributed by atoms with Crippen LogP contribution in [-0.4, -0.2) is 31.5 Å². The fourth-order valence-electron chi connectivity index (χ4n) is 3.72. The second-order valence-corrected chi connectivity index (χ2v) is 9.37.